The standard InChI is InChI=1S/C20H25N3O2.ClH/c1-16-6-2-3-8-19(16)25-13-5-9-20(24)23-12-11-22-15-18(23)17-7-4-10-21-14-17;/h2-4,6-8,10,14,18,22H,5,9,11-13,15H2,1H3;1H. The number of carbonyl (C=O) groups is 1. The first-order valence-electron chi connectivity index (χ1n) is 8.84. The maximum atomic E-state index is 12.7. The minimum Gasteiger partial charge on any atom is -0.493 e. The number of benzene rings is 1. The van der Waals surface area contributed by atoms with Crippen molar-refractivity contribution in [3.05, 3.63) is 59.9 Å². The van der Waals surface area contributed by atoms with E-state index in [1.165, 1.54) is 0 Å². The quantitative estimate of drug-likeness (QED) is 0.788. The van der Waals surface area contributed by atoms with Crippen LogP contribution in [0.5, 0.6) is 5.75 Å². The van der Waals surface area contributed by atoms with Crippen LogP contribution in [0, 0.1) is 6.92 Å². The Labute approximate surface area is 161 Å². The lowest BCUT2D eigenvalue weighted by atomic mass is 10.0. The highest BCUT2D eigenvalue weighted by Crippen LogP contribution is 2.22. The Hall–Kier alpha value is -2.11. The smallest absolute Gasteiger partial charge is 0.223 e. The summed E-state index contributed by atoms with van der Waals surface area (Å²) in [7, 11) is 0. The van der Waals surface area contributed by atoms with E-state index in [9.17, 15) is 4.79 Å². The second-order valence-corrected chi connectivity index (χ2v) is 6.31. The Balaban J connectivity index is 0.00000243. The SMILES string of the molecule is Cc1ccccc1OCCCC(=O)N1CCNCC1c1cccnc1.Cl. The molecule has 140 valence electrons. The number of nitrogens with zero attached hydrogens (tertiary/aromatic N) is 2. The maximum absolute atomic E-state index is 12.7. The van der Waals surface area contributed by atoms with Crippen LogP contribution in [0.1, 0.15) is 30.0 Å². The summed E-state index contributed by atoms with van der Waals surface area (Å²) in [5.74, 6) is 1.08. The molecule has 5 nitrogen and oxygen atoms in total. The normalized spacial score (nSPS) is 16.7. The van der Waals surface area contributed by atoms with Gasteiger partial charge in [-0.3, -0.25) is 9.78 Å². The molecule has 1 aliphatic heterocycles. The number of ether oxygens (including phenoxy) is 1. The summed E-state index contributed by atoms with van der Waals surface area (Å²) in [5, 5.41) is 3.37. The Bertz CT molecular complexity index is 696. The zero-order chi connectivity index (χ0) is 17.5. The summed E-state index contributed by atoms with van der Waals surface area (Å²) in [5.41, 5.74) is 2.20. The van der Waals surface area contributed by atoms with E-state index in [1.807, 2.05) is 54.4 Å². The molecule has 2 aromatic rings. The molecule has 1 aliphatic rings. The summed E-state index contributed by atoms with van der Waals surface area (Å²) >= 11 is 0. The van der Waals surface area contributed by atoms with Gasteiger partial charge in [0.2, 0.25) is 5.91 Å². The highest BCUT2D eigenvalue weighted by atomic mass is 35.5. The van der Waals surface area contributed by atoms with Gasteiger partial charge in [0, 0.05) is 38.4 Å². The van der Waals surface area contributed by atoms with Crippen molar-refractivity contribution in [3.8, 4) is 5.75 Å². The van der Waals surface area contributed by atoms with Gasteiger partial charge in [-0.25, -0.2) is 0 Å². The van der Waals surface area contributed by atoms with Gasteiger partial charge in [0.25, 0.3) is 0 Å². The Morgan fingerprint density at radius 3 is 2.92 bits per heavy atom. The number of pyridine rings is 1. The highest BCUT2D eigenvalue weighted by Gasteiger charge is 2.27. The molecule has 6 heteroatoms. The maximum Gasteiger partial charge on any atom is 0.223 e. The number of piperazine rings is 1. The molecule has 2 heterocycles. The molecular formula is C20H26ClN3O2. The van der Waals surface area contributed by atoms with Gasteiger partial charge >= 0.3 is 0 Å². The molecule has 1 N–H and O–H groups in total. The third kappa shape index (κ3) is 5.19. The van der Waals surface area contributed by atoms with Crippen LogP contribution in [0.15, 0.2) is 48.8 Å². The average molecular weight is 376 g/mol. The second-order valence-electron chi connectivity index (χ2n) is 6.31. The number of rotatable bonds is 6. The van der Waals surface area contributed by atoms with E-state index >= 15 is 0 Å². The number of para-hydroxylation sites is 1. The van der Waals surface area contributed by atoms with E-state index in [2.05, 4.69) is 10.3 Å². The third-order valence-corrected chi connectivity index (χ3v) is 4.52. The van der Waals surface area contributed by atoms with Gasteiger partial charge in [0.05, 0.1) is 12.6 Å². The predicted octanol–water partition coefficient (Wildman–Crippen LogP) is 3.14. The first-order chi connectivity index (χ1) is 12.3. The van der Waals surface area contributed by atoms with Crippen LogP contribution in [-0.4, -0.2) is 42.0 Å². The first kappa shape index (κ1) is 20.2. The molecule has 1 unspecified atom stereocenters. The zero-order valence-corrected chi connectivity index (χ0v) is 15.9. The second kappa shape index (κ2) is 10.1. The molecule has 26 heavy (non-hydrogen) atoms. The lowest BCUT2D eigenvalue weighted by Crippen LogP contribution is -2.48. The van der Waals surface area contributed by atoms with Crippen LogP contribution in [0.4, 0.5) is 0 Å². The lowest BCUT2D eigenvalue weighted by molar-refractivity contribution is -0.134. The van der Waals surface area contributed by atoms with E-state index in [-0.39, 0.29) is 24.4 Å². The summed E-state index contributed by atoms with van der Waals surface area (Å²) in [6, 6.07) is 12.0. The fourth-order valence-electron chi connectivity index (χ4n) is 3.14. The molecular weight excluding hydrogens is 350 g/mol. The third-order valence-electron chi connectivity index (χ3n) is 4.52. The van der Waals surface area contributed by atoms with Crippen LogP contribution < -0.4 is 10.1 Å². The zero-order valence-electron chi connectivity index (χ0n) is 15.1. The highest BCUT2D eigenvalue weighted by molar-refractivity contribution is 5.85. The van der Waals surface area contributed by atoms with Crippen LogP contribution in [0.25, 0.3) is 0 Å². The van der Waals surface area contributed by atoms with Gasteiger partial charge in [-0.05, 0) is 36.6 Å². The van der Waals surface area contributed by atoms with E-state index in [1.54, 1.807) is 6.20 Å². The fraction of sp³-hybridized carbons (Fsp3) is 0.400. The molecule has 0 aliphatic carbocycles. The van der Waals surface area contributed by atoms with Gasteiger partial charge in [-0.2, -0.15) is 0 Å². The predicted molar refractivity (Wildman–Crippen MR) is 105 cm³/mol. The van der Waals surface area contributed by atoms with Gasteiger partial charge in [-0.1, -0.05) is 24.3 Å². The molecule has 1 amide bonds. The van der Waals surface area contributed by atoms with Crippen LogP contribution in [-0.2, 0) is 4.79 Å². The summed E-state index contributed by atoms with van der Waals surface area (Å²) in [6.45, 7) is 4.93. The molecule has 1 aromatic heterocycles. The Morgan fingerprint density at radius 2 is 2.15 bits per heavy atom. The summed E-state index contributed by atoms with van der Waals surface area (Å²) < 4.78 is 5.79. The van der Waals surface area contributed by atoms with Crippen LogP contribution >= 0.6 is 12.4 Å². The molecule has 0 radical (unpaired) electrons. The van der Waals surface area contributed by atoms with E-state index < -0.39 is 0 Å². The number of carbonyl (C=O) groups excluding carboxylic acids is 1. The van der Waals surface area contributed by atoms with Crippen molar-refractivity contribution in [3.63, 3.8) is 0 Å². The van der Waals surface area contributed by atoms with Gasteiger partial charge in [-0.15, -0.1) is 12.4 Å². The fourth-order valence-corrected chi connectivity index (χ4v) is 3.14. The van der Waals surface area contributed by atoms with Crippen LogP contribution in [0.2, 0.25) is 0 Å². The summed E-state index contributed by atoms with van der Waals surface area (Å²) in [4.78, 5) is 18.8. The monoisotopic (exact) mass is 375 g/mol. The van der Waals surface area contributed by atoms with E-state index in [0.29, 0.717) is 13.0 Å². The van der Waals surface area contributed by atoms with Crippen molar-refractivity contribution in [2.24, 2.45) is 0 Å². The molecule has 0 spiro atoms. The topological polar surface area (TPSA) is 54.5 Å². The number of amides is 1. The van der Waals surface area contributed by atoms with Crippen molar-refractivity contribution in [1.82, 2.24) is 15.2 Å². The average Bonchev–Trinajstić information content (AvgIpc) is 2.67. The van der Waals surface area contributed by atoms with Gasteiger partial charge in [0.15, 0.2) is 0 Å². The molecule has 0 saturated carbocycles. The van der Waals surface area contributed by atoms with Crippen LogP contribution in [0.3, 0.4) is 0 Å². The number of nitrogens with one attached hydrogen (secondary N) is 1. The lowest BCUT2D eigenvalue weighted by Gasteiger charge is -2.36. The molecule has 1 atom stereocenters. The molecule has 1 aromatic carbocycles. The molecule has 1 saturated heterocycles. The van der Waals surface area contributed by atoms with Crippen molar-refractivity contribution < 1.29 is 9.53 Å². The number of hydrogen-bond donors (Lipinski definition) is 1. The van der Waals surface area contributed by atoms with E-state index in [0.717, 1.165) is 42.9 Å². The number of halogens is 1. The van der Waals surface area contributed by atoms with Crippen molar-refractivity contribution >= 4 is 18.3 Å². The molecule has 0 bridgehead atoms. The Kier molecular flexibility index (Phi) is 7.88. The van der Waals surface area contributed by atoms with E-state index in [4.69, 9.17) is 4.74 Å². The largest absolute Gasteiger partial charge is 0.493 e. The van der Waals surface area contributed by atoms with Crippen molar-refractivity contribution in [2.75, 3.05) is 26.2 Å². The van der Waals surface area contributed by atoms with Crippen molar-refractivity contribution in [1.29, 1.82) is 0 Å². The minimum absolute atomic E-state index is 0. The number of aryl methyl sites for hydroxylation is 1. The molecule has 1 fully saturated rings. The van der Waals surface area contributed by atoms with Crippen molar-refractivity contribution in [2.45, 2.75) is 25.8 Å². The molecule has 3 rings (SSSR count). The minimum atomic E-state index is 0. The number of hydrogen-bond acceptors (Lipinski definition) is 4. The number of aromatic nitrogens is 1. The van der Waals surface area contributed by atoms with Gasteiger partial charge in [0.1, 0.15) is 5.75 Å². The first-order valence-corrected chi connectivity index (χ1v) is 8.84. The summed E-state index contributed by atoms with van der Waals surface area (Å²) in [6.07, 6.45) is 4.83. The van der Waals surface area contributed by atoms with Gasteiger partial charge < -0.3 is 15.0 Å². The Morgan fingerprint density at radius 1 is 1.31 bits per heavy atom.